The molecule has 0 spiro atoms. The van der Waals surface area contributed by atoms with Crippen molar-refractivity contribution in [2.24, 2.45) is 0 Å². The van der Waals surface area contributed by atoms with Gasteiger partial charge in [-0.05, 0) is 6.07 Å². The summed E-state index contributed by atoms with van der Waals surface area (Å²) in [5.41, 5.74) is 5.89. The molecule has 5 nitrogen and oxygen atoms in total. The van der Waals surface area contributed by atoms with E-state index in [1.54, 1.807) is 0 Å². The number of aromatic nitrogens is 4. The predicted octanol–water partition coefficient (Wildman–Crippen LogP) is 0.655. The highest BCUT2D eigenvalue weighted by Gasteiger charge is 2.06. The van der Waals surface area contributed by atoms with Crippen LogP contribution in [0.15, 0.2) is 24.7 Å². The minimum atomic E-state index is -0.464. The van der Waals surface area contributed by atoms with Gasteiger partial charge in [-0.3, -0.25) is 4.98 Å². The lowest BCUT2D eigenvalue weighted by molar-refractivity contribution is 0.624. The molecule has 0 aliphatic heterocycles. The Balaban J connectivity index is 2.50. The molecule has 0 bridgehead atoms. The van der Waals surface area contributed by atoms with Crippen molar-refractivity contribution in [3.05, 3.63) is 30.5 Å². The van der Waals surface area contributed by atoms with Crippen LogP contribution in [-0.2, 0) is 0 Å². The smallest absolute Gasteiger partial charge is 0.240 e. The Morgan fingerprint density at radius 3 is 2.71 bits per heavy atom. The van der Waals surface area contributed by atoms with Gasteiger partial charge >= 0.3 is 0 Å². The van der Waals surface area contributed by atoms with Crippen molar-refractivity contribution in [3.63, 3.8) is 0 Å². The highest BCUT2D eigenvalue weighted by molar-refractivity contribution is 5.57. The number of hydrogen-bond acceptors (Lipinski definition) is 5. The third-order valence-electron chi connectivity index (χ3n) is 1.63. The molecule has 0 aromatic carbocycles. The standard InChI is InChI=1S/C8H6FN5/c9-6-3-11-2-1-5(6)7-4-12-8(10)14-13-7/h1-4H,(H2,10,12,14). The van der Waals surface area contributed by atoms with Crippen LogP contribution in [0.25, 0.3) is 11.3 Å². The molecule has 0 atom stereocenters. The van der Waals surface area contributed by atoms with Crippen LogP contribution in [0.4, 0.5) is 10.3 Å². The summed E-state index contributed by atoms with van der Waals surface area (Å²) >= 11 is 0. The maximum absolute atomic E-state index is 13.2. The van der Waals surface area contributed by atoms with E-state index in [0.29, 0.717) is 11.3 Å². The summed E-state index contributed by atoms with van der Waals surface area (Å²) in [5, 5.41) is 7.23. The highest BCUT2D eigenvalue weighted by atomic mass is 19.1. The molecule has 70 valence electrons. The van der Waals surface area contributed by atoms with E-state index in [-0.39, 0.29) is 5.95 Å². The normalized spacial score (nSPS) is 10.1. The second-order valence-corrected chi connectivity index (χ2v) is 2.56. The number of nitrogen functional groups attached to an aromatic ring is 1. The SMILES string of the molecule is Nc1ncc(-c2ccncc2F)nn1. The Hall–Kier alpha value is -2.11. The van der Waals surface area contributed by atoms with Gasteiger partial charge in [0.25, 0.3) is 0 Å². The fraction of sp³-hybridized carbons (Fsp3) is 0. The third kappa shape index (κ3) is 1.49. The monoisotopic (exact) mass is 191 g/mol. The zero-order chi connectivity index (χ0) is 9.97. The van der Waals surface area contributed by atoms with E-state index in [0.717, 1.165) is 6.20 Å². The van der Waals surface area contributed by atoms with E-state index < -0.39 is 5.82 Å². The van der Waals surface area contributed by atoms with Crippen LogP contribution in [0, 0.1) is 5.82 Å². The summed E-state index contributed by atoms with van der Waals surface area (Å²) in [6, 6.07) is 1.50. The Morgan fingerprint density at radius 2 is 2.07 bits per heavy atom. The van der Waals surface area contributed by atoms with Gasteiger partial charge in [0.15, 0.2) is 5.82 Å². The Kier molecular flexibility index (Phi) is 2.02. The summed E-state index contributed by atoms with van der Waals surface area (Å²) in [5.74, 6) is -0.406. The molecule has 0 aliphatic carbocycles. The fourth-order valence-electron chi connectivity index (χ4n) is 0.990. The Labute approximate surface area is 78.8 Å². The molecule has 0 radical (unpaired) electrons. The minimum absolute atomic E-state index is 0.0585. The molecular weight excluding hydrogens is 185 g/mol. The lowest BCUT2D eigenvalue weighted by Gasteiger charge is -1.99. The average Bonchev–Trinajstić information content (AvgIpc) is 2.20. The Morgan fingerprint density at radius 1 is 1.21 bits per heavy atom. The number of pyridine rings is 1. The summed E-state index contributed by atoms with van der Waals surface area (Å²) in [6.45, 7) is 0. The molecule has 0 amide bonds. The van der Waals surface area contributed by atoms with Crippen LogP contribution in [0.3, 0.4) is 0 Å². The molecule has 2 aromatic rings. The number of halogens is 1. The first kappa shape index (κ1) is 8.49. The zero-order valence-corrected chi connectivity index (χ0v) is 7.05. The van der Waals surface area contributed by atoms with Crippen molar-refractivity contribution >= 4 is 5.95 Å². The van der Waals surface area contributed by atoms with Crippen molar-refractivity contribution in [2.45, 2.75) is 0 Å². The van der Waals surface area contributed by atoms with E-state index in [1.165, 1.54) is 18.5 Å². The minimum Gasteiger partial charge on any atom is -0.366 e. The Bertz CT molecular complexity index is 442. The van der Waals surface area contributed by atoms with E-state index in [4.69, 9.17) is 5.73 Å². The molecule has 14 heavy (non-hydrogen) atoms. The highest BCUT2D eigenvalue weighted by Crippen LogP contribution is 2.17. The van der Waals surface area contributed by atoms with Crippen molar-refractivity contribution in [2.75, 3.05) is 5.73 Å². The third-order valence-corrected chi connectivity index (χ3v) is 1.63. The zero-order valence-electron chi connectivity index (χ0n) is 7.05. The second-order valence-electron chi connectivity index (χ2n) is 2.56. The van der Waals surface area contributed by atoms with Gasteiger partial charge in [-0.1, -0.05) is 0 Å². The summed E-state index contributed by atoms with van der Waals surface area (Å²) in [7, 11) is 0. The molecule has 2 heterocycles. The molecule has 2 rings (SSSR count). The van der Waals surface area contributed by atoms with Crippen molar-refractivity contribution in [1.82, 2.24) is 20.2 Å². The molecule has 0 unspecified atom stereocenters. The van der Waals surface area contributed by atoms with Gasteiger partial charge in [-0.2, -0.15) is 0 Å². The van der Waals surface area contributed by atoms with Crippen molar-refractivity contribution in [3.8, 4) is 11.3 Å². The van der Waals surface area contributed by atoms with E-state index in [2.05, 4.69) is 20.2 Å². The first-order valence-corrected chi connectivity index (χ1v) is 3.82. The van der Waals surface area contributed by atoms with E-state index in [9.17, 15) is 4.39 Å². The van der Waals surface area contributed by atoms with Crippen LogP contribution in [-0.4, -0.2) is 20.2 Å². The number of nitrogens with zero attached hydrogens (tertiary/aromatic N) is 4. The van der Waals surface area contributed by atoms with Crippen LogP contribution >= 0.6 is 0 Å². The molecule has 2 aromatic heterocycles. The molecule has 0 aliphatic rings. The molecular formula is C8H6FN5. The number of nitrogens with two attached hydrogens (primary N) is 1. The van der Waals surface area contributed by atoms with Crippen molar-refractivity contribution in [1.29, 1.82) is 0 Å². The molecule has 2 N–H and O–H groups in total. The molecule has 0 saturated carbocycles. The fourth-order valence-corrected chi connectivity index (χ4v) is 0.990. The summed E-state index contributed by atoms with van der Waals surface area (Å²) in [4.78, 5) is 7.33. The largest absolute Gasteiger partial charge is 0.366 e. The van der Waals surface area contributed by atoms with Gasteiger partial charge in [0.2, 0.25) is 5.95 Å². The van der Waals surface area contributed by atoms with Crippen LogP contribution in [0.5, 0.6) is 0 Å². The first-order chi connectivity index (χ1) is 6.77. The van der Waals surface area contributed by atoms with E-state index in [1.807, 2.05) is 0 Å². The van der Waals surface area contributed by atoms with Gasteiger partial charge in [-0.25, -0.2) is 9.37 Å². The average molecular weight is 191 g/mol. The number of hydrogen-bond donors (Lipinski definition) is 1. The number of anilines is 1. The van der Waals surface area contributed by atoms with E-state index >= 15 is 0 Å². The van der Waals surface area contributed by atoms with Gasteiger partial charge in [0.1, 0.15) is 5.69 Å². The quantitative estimate of drug-likeness (QED) is 0.716. The molecule has 0 fully saturated rings. The molecule has 0 saturated heterocycles. The first-order valence-electron chi connectivity index (χ1n) is 3.82. The summed E-state index contributed by atoms with van der Waals surface area (Å²) < 4.78 is 13.2. The predicted molar refractivity (Wildman–Crippen MR) is 47.4 cm³/mol. The summed E-state index contributed by atoms with van der Waals surface area (Å²) in [6.07, 6.45) is 3.94. The topological polar surface area (TPSA) is 77.6 Å². The maximum atomic E-state index is 13.2. The maximum Gasteiger partial charge on any atom is 0.240 e. The molecule has 6 heteroatoms. The van der Waals surface area contributed by atoms with Crippen molar-refractivity contribution < 1.29 is 4.39 Å². The number of rotatable bonds is 1. The van der Waals surface area contributed by atoms with Crippen LogP contribution < -0.4 is 5.73 Å². The van der Waals surface area contributed by atoms with Gasteiger partial charge in [-0.15, -0.1) is 10.2 Å². The lowest BCUT2D eigenvalue weighted by atomic mass is 10.2. The van der Waals surface area contributed by atoms with Gasteiger partial charge in [0.05, 0.1) is 12.4 Å². The van der Waals surface area contributed by atoms with Crippen LogP contribution in [0.2, 0.25) is 0 Å². The van der Waals surface area contributed by atoms with Gasteiger partial charge in [0, 0.05) is 11.8 Å². The lowest BCUT2D eigenvalue weighted by Crippen LogP contribution is -1.98. The second kappa shape index (κ2) is 3.33. The van der Waals surface area contributed by atoms with Crippen LogP contribution in [0.1, 0.15) is 0 Å². The van der Waals surface area contributed by atoms with Gasteiger partial charge < -0.3 is 5.73 Å².